The molecule has 1 aromatic carbocycles. The summed E-state index contributed by atoms with van der Waals surface area (Å²) in [5.74, 6) is 0.962. The van der Waals surface area contributed by atoms with E-state index in [1.54, 1.807) is 23.1 Å². The molecule has 3 aromatic rings. The summed E-state index contributed by atoms with van der Waals surface area (Å²) in [7, 11) is 0. The van der Waals surface area contributed by atoms with Crippen molar-refractivity contribution in [3.63, 3.8) is 0 Å². The minimum absolute atomic E-state index is 0.197. The van der Waals surface area contributed by atoms with Crippen molar-refractivity contribution in [2.24, 2.45) is 0 Å². The Kier molecular flexibility index (Phi) is 4.30. The van der Waals surface area contributed by atoms with Crippen molar-refractivity contribution in [1.82, 2.24) is 15.0 Å². The van der Waals surface area contributed by atoms with Crippen molar-refractivity contribution in [1.29, 1.82) is 0 Å². The maximum absolute atomic E-state index is 12.0. The zero-order valence-electron chi connectivity index (χ0n) is 13.9. The molecule has 3 heterocycles. The van der Waals surface area contributed by atoms with Crippen LogP contribution in [0.5, 0.6) is 0 Å². The van der Waals surface area contributed by atoms with E-state index in [1.165, 1.54) is 11.9 Å². The zero-order chi connectivity index (χ0) is 17.4. The fourth-order valence-corrected chi connectivity index (χ4v) is 4.49. The number of aromatic nitrogens is 3. The summed E-state index contributed by atoms with van der Waals surface area (Å²) in [6.45, 7) is 2.70. The number of benzene rings is 1. The van der Waals surface area contributed by atoms with Gasteiger partial charge in [0.15, 0.2) is 15.8 Å². The predicted molar refractivity (Wildman–Crippen MR) is 103 cm³/mol. The number of nitrogens with zero attached hydrogens (tertiary/aromatic N) is 4. The van der Waals surface area contributed by atoms with Gasteiger partial charge in [0.05, 0.1) is 0 Å². The first-order valence-electron chi connectivity index (χ1n) is 8.05. The lowest BCUT2D eigenvalue weighted by molar-refractivity contribution is -0.118. The molecule has 2 aromatic heterocycles. The highest BCUT2D eigenvalue weighted by Crippen LogP contribution is 2.34. The highest BCUT2D eigenvalue weighted by molar-refractivity contribution is 8.00. The number of nitrogens with one attached hydrogen (secondary N) is 1. The first-order chi connectivity index (χ1) is 12.2. The van der Waals surface area contributed by atoms with Crippen LogP contribution in [0, 0.1) is 0 Å². The largest absolute Gasteiger partial charge is 0.339 e. The first kappa shape index (κ1) is 16.3. The second-order valence-electron chi connectivity index (χ2n) is 5.67. The molecule has 6 nitrogen and oxygen atoms in total. The number of hydrogen-bond donors (Lipinski definition) is 1. The number of aryl methyl sites for hydroxylation is 1. The van der Waals surface area contributed by atoms with Crippen molar-refractivity contribution in [2.75, 3.05) is 23.0 Å². The molecular formula is C17H17N5OS2. The SMILES string of the molecule is CCN1C(=O)CCc2cc(Nc3ncnc4nc(SC)sc34)ccc21. The highest BCUT2D eigenvalue weighted by atomic mass is 32.2. The molecule has 25 heavy (non-hydrogen) atoms. The van der Waals surface area contributed by atoms with E-state index in [-0.39, 0.29) is 5.91 Å². The van der Waals surface area contributed by atoms with E-state index < -0.39 is 0 Å². The third-order valence-electron chi connectivity index (χ3n) is 4.20. The summed E-state index contributed by atoms with van der Waals surface area (Å²) >= 11 is 3.19. The van der Waals surface area contributed by atoms with Crippen LogP contribution in [-0.4, -0.2) is 33.7 Å². The van der Waals surface area contributed by atoms with Crippen LogP contribution in [0.25, 0.3) is 10.3 Å². The fourth-order valence-electron chi connectivity index (χ4n) is 3.03. The van der Waals surface area contributed by atoms with Crippen LogP contribution >= 0.6 is 23.1 Å². The third kappa shape index (κ3) is 2.96. The van der Waals surface area contributed by atoms with Gasteiger partial charge in [-0.2, -0.15) is 0 Å². The molecular weight excluding hydrogens is 354 g/mol. The maximum Gasteiger partial charge on any atom is 0.227 e. The lowest BCUT2D eigenvalue weighted by Crippen LogP contribution is -2.34. The number of fused-ring (bicyclic) bond motifs is 2. The monoisotopic (exact) mass is 371 g/mol. The van der Waals surface area contributed by atoms with Crippen LogP contribution in [0.1, 0.15) is 18.9 Å². The number of anilines is 3. The Hall–Kier alpha value is -2.19. The van der Waals surface area contributed by atoms with Gasteiger partial charge in [-0.3, -0.25) is 4.79 Å². The zero-order valence-corrected chi connectivity index (χ0v) is 15.6. The molecule has 0 radical (unpaired) electrons. The fraction of sp³-hybridized carbons (Fsp3) is 0.294. The Bertz CT molecular complexity index is 955. The van der Waals surface area contributed by atoms with E-state index in [1.807, 2.05) is 30.2 Å². The molecule has 0 aliphatic carbocycles. The first-order valence-corrected chi connectivity index (χ1v) is 10.1. The van der Waals surface area contributed by atoms with Crippen molar-refractivity contribution < 1.29 is 4.79 Å². The van der Waals surface area contributed by atoms with Gasteiger partial charge in [-0.05, 0) is 43.4 Å². The summed E-state index contributed by atoms with van der Waals surface area (Å²) in [4.78, 5) is 27.0. The smallest absolute Gasteiger partial charge is 0.227 e. The molecule has 1 aliphatic rings. The molecule has 1 amide bonds. The molecule has 8 heteroatoms. The minimum Gasteiger partial charge on any atom is -0.339 e. The molecule has 1 aliphatic heterocycles. The van der Waals surface area contributed by atoms with Gasteiger partial charge in [0.1, 0.15) is 11.0 Å². The standard InChI is InChI=1S/C17H17N5OS2/c1-3-22-12-6-5-11(8-10(12)4-7-13(22)23)20-15-14-16(19-9-18-15)21-17(24-2)25-14/h5-6,8-9H,3-4,7H2,1-2H3,(H,18,19,20). The Morgan fingerprint density at radius 1 is 1.32 bits per heavy atom. The number of thioether (sulfide) groups is 1. The van der Waals surface area contributed by atoms with Gasteiger partial charge < -0.3 is 10.2 Å². The van der Waals surface area contributed by atoms with E-state index >= 15 is 0 Å². The average Bonchev–Trinajstić information content (AvgIpc) is 3.06. The lowest BCUT2D eigenvalue weighted by atomic mass is 10.0. The van der Waals surface area contributed by atoms with Gasteiger partial charge in [0.2, 0.25) is 5.91 Å². The highest BCUT2D eigenvalue weighted by Gasteiger charge is 2.23. The van der Waals surface area contributed by atoms with Crippen molar-refractivity contribution in [2.45, 2.75) is 24.1 Å². The number of hydrogen-bond acceptors (Lipinski definition) is 7. The molecule has 0 fully saturated rings. The van der Waals surface area contributed by atoms with E-state index in [9.17, 15) is 4.79 Å². The van der Waals surface area contributed by atoms with Crippen molar-refractivity contribution in [3.05, 3.63) is 30.1 Å². The number of carbonyl (C=O) groups is 1. The number of amides is 1. The van der Waals surface area contributed by atoms with Gasteiger partial charge in [-0.15, -0.1) is 11.3 Å². The minimum atomic E-state index is 0.197. The van der Waals surface area contributed by atoms with Crippen LogP contribution in [0.4, 0.5) is 17.2 Å². The second kappa shape index (κ2) is 6.61. The maximum atomic E-state index is 12.0. The van der Waals surface area contributed by atoms with Gasteiger partial charge in [-0.25, -0.2) is 15.0 Å². The molecule has 128 valence electrons. The normalized spacial score (nSPS) is 14.0. The summed E-state index contributed by atoms with van der Waals surface area (Å²) in [6.07, 6.45) is 4.87. The molecule has 0 atom stereocenters. The summed E-state index contributed by atoms with van der Waals surface area (Å²) < 4.78 is 1.93. The quantitative estimate of drug-likeness (QED) is 0.703. The van der Waals surface area contributed by atoms with Gasteiger partial charge >= 0.3 is 0 Å². The van der Waals surface area contributed by atoms with E-state index in [0.717, 1.165) is 32.7 Å². The topological polar surface area (TPSA) is 71.0 Å². The summed E-state index contributed by atoms with van der Waals surface area (Å²) in [6, 6.07) is 6.11. The molecule has 1 N–H and O–H groups in total. The molecule has 0 saturated carbocycles. The Balaban J connectivity index is 1.68. The van der Waals surface area contributed by atoms with Crippen LogP contribution in [0.15, 0.2) is 28.9 Å². The van der Waals surface area contributed by atoms with Gasteiger partial charge in [0, 0.05) is 24.3 Å². The molecule has 0 bridgehead atoms. The Morgan fingerprint density at radius 3 is 3.00 bits per heavy atom. The summed E-state index contributed by atoms with van der Waals surface area (Å²) in [5.41, 5.74) is 3.88. The molecule has 4 rings (SSSR count). The predicted octanol–water partition coefficient (Wildman–Crippen LogP) is 3.85. The number of carbonyl (C=O) groups excluding carboxylic acids is 1. The Morgan fingerprint density at radius 2 is 2.20 bits per heavy atom. The number of rotatable bonds is 4. The molecule has 0 unspecified atom stereocenters. The molecule has 0 saturated heterocycles. The van der Waals surface area contributed by atoms with E-state index in [4.69, 9.17) is 0 Å². The second-order valence-corrected chi connectivity index (χ2v) is 7.72. The third-order valence-corrected chi connectivity index (χ3v) is 6.24. The van der Waals surface area contributed by atoms with Crippen molar-refractivity contribution in [3.8, 4) is 0 Å². The lowest BCUT2D eigenvalue weighted by Gasteiger charge is -2.28. The van der Waals surface area contributed by atoms with Crippen LogP contribution < -0.4 is 10.2 Å². The van der Waals surface area contributed by atoms with Gasteiger partial charge in [0.25, 0.3) is 0 Å². The van der Waals surface area contributed by atoms with Crippen LogP contribution in [-0.2, 0) is 11.2 Å². The Labute approximate surface area is 153 Å². The van der Waals surface area contributed by atoms with Crippen LogP contribution in [0.3, 0.4) is 0 Å². The van der Waals surface area contributed by atoms with Gasteiger partial charge in [-0.1, -0.05) is 11.8 Å². The average molecular weight is 371 g/mol. The van der Waals surface area contributed by atoms with Crippen LogP contribution in [0.2, 0.25) is 0 Å². The van der Waals surface area contributed by atoms with E-state index in [2.05, 4.69) is 26.3 Å². The van der Waals surface area contributed by atoms with Crippen molar-refractivity contribution >= 4 is 56.5 Å². The summed E-state index contributed by atoms with van der Waals surface area (Å²) in [5, 5.41) is 3.39. The number of thiazole rings is 1. The van der Waals surface area contributed by atoms with E-state index in [0.29, 0.717) is 18.6 Å². The molecule has 0 spiro atoms.